The number of rotatable bonds is 10. The maximum absolute atomic E-state index is 12.0. The molecule has 0 saturated heterocycles. The smallest absolute Gasteiger partial charge is 0.343 e. The van der Waals surface area contributed by atoms with E-state index in [1.807, 2.05) is 27.7 Å². The lowest BCUT2D eigenvalue weighted by Crippen LogP contribution is -2.39. The third-order valence-electron chi connectivity index (χ3n) is 2.82. The molecule has 20 heavy (non-hydrogen) atoms. The fourth-order valence-corrected chi connectivity index (χ4v) is 1.23. The van der Waals surface area contributed by atoms with Gasteiger partial charge in [0.05, 0.1) is 18.8 Å². The summed E-state index contributed by atoms with van der Waals surface area (Å²) in [5.41, 5.74) is 0. The lowest BCUT2D eigenvalue weighted by molar-refractivity contribution is -0.167. The van der Waals surface area contributed by atoms with Crippen LogP contribution in [0.25, 0.3) is 0 Å². The van der Waals surface area contributed by atoms with Crippen molar-refractivity contribution in [3.05, 3.63) is 0 Å². The summed E-state index contributed by atoms with van der Waals surface area (Å²) in [6.07, 6.45) is 0.148. The molecule has 3 atom stereocenters. The second kappa shape index (κ2) is 12.3. The highest BCUT2D eigenvalue weighted by Gasteiger charge is 2.30. The summed E-state index contributed by atoms with van der Waals surface area (Å²) >= 11 is 0. The molecule has 0 aromatic heterocycles. The van der Waals surface area contributed by atoms with Gasteiger partial charge in [0.25, 0.3) is 0 Å². The second-order valence-electron chi connectivity index (χ2n) is 4.48. The van der Waals surface area contributed by atoms with E-state index in [0.29, 0.717) is 0 Å². The quantitative estimate of drug-likeness (QED) is 0.341. The standard InChI is InChI=1S/C14H26O5.Al.3H/c1-6-10(4)18-9-12(15)13(14(16)17-8-3)19-11(5)7-2;;;;/h10-11,13H,6-9H2,1-5H3;;;;. The fourth-order valence-electron chi connectivity index (χ4n) is 1.23. The molecule has 0 aromatic carbocycles. The van der Waals surface area contributed by atoms with Crippen molar-refractivity contribution in [3.63, 3.8) is 0 Å². The molecule has 0 saturated carbocycles. The Balaban J connectivity index is 0. The average molecular weight is 304 g/mol. The van der Waals surface area contributed by atoms with Crippen LogP contribution in [0.1, 0.15) is 47.5 Å². The second-order valence-corrected chi connectivity index (χ2v) is 4.48. The molecule has 0 heterocycles. The molecule has 6 heteroatoms. The van der Waals surface area contributed by atoms with Crippen LogP contribution in [-0.2, 0) is 23.8 Å². The molecule has 0 rings (SSSR count). The number of Topliss-reactive ketones (excluding diaryl/α,β-unsaturated/α-hetero) is 1. The zero-order valence-electron chi connectivity index (χ0n) is 12.6. The zero-order valence-corrected chi connectivity index (χ0v) is 12.6. The first-order valence-electron chi connectivity index (χ1n) is 6.92. The summed E-state index contributed by atoms with van der Waals surface area (Å²) in [6.45, 7) is 9.36. The van der Waals surface area contributed by atoms with E-state index in [4.69, 9.17) is 14.2 Å². The van der Waals surface area contributed by atoms with E-state index < -0.39 is 12.1 Å². The van der Waals surface area contributed by atoms with Crippen LogP contribution >= 0.6 is 0 Å². The van der Waals surface area contributed by atoms with Crippen LogP contribution in [-0.4, -0.2) is 60.6 Å². The van der Waals surface area contributed by atoms with Gasteiger partial charge in [-0.15, -0.1) is 0 Å². The van der Waals surface area contributed by atoms with Crippen LogP contribution in [0.2, 0.25) is 0 Å². The van der Waals surface area contributed by atoms with Crippen molar-refractivity contribution in [2.45, 2.75) is 65.8 Å². The highest BCUT2D eigenvalue weighted by Crippen LogP contribution is 2.07. The Morgan fingerprint density at radius 2 is 1.55 bits per heavy atom. The van der Waals surface area contributed by atoms with E-state index in [9.17, 15) is 9.59 Å². The maximum atomic E-state index is 12.0. The molecule has 0 aliphatic rings. The van der Waals surface area contributed by atoms with Gasteiger partial charge in [0.2, 0.25) is 6.10 Å². The lowest BCUT2D eigenvalue weighted by Gasteiger charge is -2.20. The Morgan fingerprint density at radius 1 is 1.00 bits per heavy atom. The van der Waals surface area contributed by atoms with Gasteiger partial charge in [-0.05, 0) is 33.6 Å². The van der Waals surface area contributed by atoms with Gasteiger partial charge in [-0.1, -0.05) is 13.8 Å². The van der Waals surface area contributed by atoms with E-state index >= 15 is 0 Å². The van der Waals surface area contributed by atoms with Crippen LogP contribution < -0.4 is 0 Å². The van der Waals surface area contributed by atoms with E-state index in [0.717, 1.165) is 12.8 Å². The maximum Gasteiger partial charge on any atom is 0.343 e. The van der Waals surface area contributed by atoms with Gasteiger partial charge in [0.15, 0.2) is 23.1 Å². The van der Waals surface area contributed by atoms with Crippen molar-refractivity contribution in [2.24, 2.45) is 0 Å². The van der Waals surface area contributed by atoms with Crippen molar-refractivity contribution in [1.29, 1.82) is 0 Å². The Labute approximate surface area is 132 Å². The molecule has 0 amide bonds. The predicted octanol–water partition coefficient (Wildman–Crippen LogP) is 0.933. The summed E-state index contributed by atoms with van der Waals surface area (Å²) < 4.78 is 15.6. The van der Waals surface area contributed by atoms with Gasteiger partial charge in [-0.25, -0.2) is 4.79 Å². The minimum atomic E-state index is -1.18. The van der Waals surface area contributed by atoms with E-state index in [-0.39, 0.29) is 48.6 Å². The van der Waals surface area contributed by atoms with Crippen molar-refractivity contribution in [2.75, 3.05) is 13.2 Å². The molecule has 0 spiro atoms. The van der Waals surface area contributed by atoms with E-state index in [1.165, 1.54) is 0 Å². The van der Waals surface area contributed by atoms with Crippen LogP contribution in [0.4, 0.5) is 0 Å². The van der Waals surface area contributed by atoms with Gasteiger partial charge < -0.3 is 14.2 Å². The first kappa shape index (κ1) is 21.9. The highest BCUT2D eigenvalue weighted by molar-refractivity contribution is 6.02. The largest absolute Gasteiger partial charge is 0.464 e. The average Bonchev–Trinajstić information content (AvgIpc) is 2.41. The zero-order chi connectivity index (χ0) is 14.8. The molecule has 0 aliphatic carbocycles. The molecule has 0 aliphatic heterocycles. The van der Waals surface area contributed by atoms with Crippen LogP contribution in [0.5, 0.6) is 0 Å². The van der Waals surface area contributed by atoms with Crippen LogP contribution in [0.15, 0.2) is 0 Å². The Hall–Kier alpha value is -0.408. The van der Waals surface area contributed by atoms with Crippen LogP contribution in [0.3, 0.4) is 0 Å². The monoisotopic (exact) mass is 304 g/mol. The lowest BCUT2D eigenvalue weighted by atomic mass is 10.2. The summed E-state index contributed by atoms with van der Waals surface area (Å²) in [4.78, 5) is 23.7. The number of hydrogen-bond donors (Lipinski definition) is 0. The summed E-state index contributed by atoms with van der Waals surface area (Å²) in [6, 6.07) is 0. The van der Waals surface area contributed by atoms with Crippen molar-refractivity contribution < 1.29 is 23.8 Å². The molecule has 5 nitrogen and oxygen atoms in total. The van der Waals surface area contributed by atoms with Gasteiger partial charge >= 0.3 is 5.97 Å². The molecule has 0 aromatic rings. The normalized spacial score (nSPS) is 14.8. The number of hydrogen-bond acceptors (Lipinski definition) is 5. The topological polar surface area (TPSA) is 61.8 Å². The number of carbonyl (C=O) groups is 2. The summed E-state index contributed by atoms with van der Waals surface area (Å²) in [7, 11) is 0. The first-order valence-corrected chi connectivity index (χ1v) is 6.92. The number of ketones is 1. The number of esters is 1. The highest BCUT2D eigenvalue weighted by atomic mass is 27.0. The molecule has 0 radical (unpaired) electrons. The predicted molar refractivity (Wildman–Crippen MR) is 81.9 cm³/mol. The summed E-state index contributed by atoms with van der Waals surface area (Å²) in [5.74, 6) is -1.03. The van der Waals surface area contributed by atoms with Crippen LogP contribution in [0, 0.1) is 0 Å². The van der Waals surface area contributed by atoms with Crippen molar-refractivity contribution >= 4 is 29.1 Å². The van der Waals surface area contributed by atoms with Gasteiger partial charge in [0, 0.05) is 0 Å². The SMILES string of the molecule is CCOC(=O)C(OC(C)CC)C(=O)COC(C)CC.[AlH3]. The van der Waals surface area contributed by atoms with E-state index in [1.54, 1.807) is 6.92 Å². The molecule has 0 bridgehead atoms. The third kappa shape index (κ3) is 8.70. The number of ether oxygens (including phenoxy) is 3. The third-order valence-corrected chi connectivity index (χ3v) is 2.82. The minimum absolute atomic E-state index is 0. The first-order chi connectivity index (χ1) is 8.96. The molecule has 0 N–H and O–H groups in total. The Morgan fingerprint density at radius 3 is 2.00 bits per heavy atom. The summed E-state index contributed by atoms with van der Waals surface area (Å²) in [5, 5.41) is 0. The van der Waals surface area contributed by atoms with Gasteiger partial charge in [-0.3, -0.25) is 4.79 Å². The molecule has 0 fully saturated rings. The molecule has 118 valence electrons. The molecular weight excluding hydrogens is 275 g/mol. The van der Waals surface area contributed by atoms with Crippen molar-refractivity contribution in [3.8, 4) is 0 Å². The molecular formula is C14H29AlO5. The van der Waals surface area contributed by atoms with E-state index in [2.05, 4.69) is 0 Å². The number of carbonyl (C=O) groups excluding carboxylic acids is 2. The minimum Gasteiger partial charge on any atom is -0.464 e. The Bertz CT molecular complexity index is 283. The van der Waals surface area contributed by atoms with Gasteiger partial charge in [0.1, 0.15) is 6.61 Å². The van der Waals surface area contributed by atoms with Crippen molar-refractivity contribution in [1.82, 2.24) is 0 Å². The Kier molecular flexibility index (Phi) is 13.5. The fraction of sp³-hybridized carbons (Fsp3) is 0.857. The molecule has 3 unspecified atom stereocenters. The van der Waals surface area contributed by atoms with Gasteiger partial charge in [-0.2, -0.15) is 0 Å².